The SMILES string of the molecule is CCC(=O)O.O.O.[CaH2]. The van der Waals surface area contributed by atoms with Gasteiger partial charge in [-0.05, 0) is 0 Å². The Morgan fingerprint density at radius 3 is 1.62 bits per heavy atom. The molecular formula is C3H12CaO4. The fraction of sp³-hybridized carbons (Fsp3) is 0.667. The van der Waals surface area contributed by atoms with Crippen LogP contribution in [0.15, 0.2) is 0 Å². The van der Waals surface area contributed by atoms with Crippen LogP contribution in [-0.4, -0.2) is 59.8 Å². The number of hydrogen-bond donors (Lipinski definition) is 1. The molecule has 0 unspecified atom stereocenters. The second-order valence-corrected chi connectivity index (χ2v) is 0.747. The minimum absolute atomic E-state index is 0. The molecule has 5 heteroatoms. The van der Waals surface area contributed by atoms with Gasteiger partial charge in [0.25, 0.3) is 0 Å². The molecule has 0 aliphatic heterocycles. The third kappa shape index (κ3) is 30.2. The van der Waals surface area contributed by atoms with Crippen LogP contribution < -0.4 is 0 Å². The van der Waals surface area contributed by atoms with Gasteiger partial charge in [0.1, 0.15) is 0 Å². The molecule has 0 saturated heterocycles. The number of carboxylic acid groups (broad SMARTS) is 1. The van der Waals surface area contributed by atoms with Crippen LogP contribution in [0, 0.1) is 0 Å². The van der Waals surface area contributed by atoms with E-state index in [-0.39, 0.29) is 55.1 Å². The second kappa shape index (κ2) is 15.6. The Bertz CT molecular complexity index is 46.5. The molecule has 0 fully saturated rings. The van der Waals surface area contributed by atoms with Gasteiger partial charge in [-0.3, -0.25) is 4.79 Å². The summed E-state index contributed by atoms with van der Waals surface area (Å²) in [5.41, 5.74) is 0. The molecule has 0 radical (unpaired) electrons. The van der Waals surface area contributed by atoms with E-state index in [2.05, 4.69) is 0 Å². The van der Waals surface area contributed by atoms with Gasteiger partial charge in [0, 0.05) is 6.42 Å². The van der Waals surface area contributed by atoms with E-state index >= 15 is 0 Å². The first-order valence-electron chi connectivity index (χ1n) is 1.49. The Kier molecular flexibility index (Phi) is 45.8. The molecule has 5 N–H and O–H groups in total. The molecule has 8 heavy (non-hydrogen) atoms. The van der Waals surface area contributed by atoms with Crippen LogP contribution in [0.3, 0.4) is 0 Å². The van der Waals surface area contributed by atoms with E-state index in [0.29, 0.717) is 0 Å². The summed E-state index contributed by atoms with van der Waals surface area (Å²) in [7, 11) is 0. The summed E-state index contributed by atoms with van der Waals surface area (Å²) in [4.78, 5) is 9.37. The summed E-state index contributed by atoms with van der Waals surface area (Å²) in [6, 6.07) is 0. The summed E-state index contributed by atoms with van der Waals surface area (Å²) in [6.45, 7) is 1.60. The van der Waals surface area contributed by atoms with E-state index < -0.39 is 5.97 Å². The fourth-order valence-electron chi connectivity index (χ4n) is 0. The molecule has 0 aromatic rings. The number of hydrogen-bond acceptors (Lipinski definition) is 1. The average molecular weight is 152 g/mol. The van der Waals surface area contributed by atoms with Gasteiger partial charge in [0.2, 0.25) is 0 Å². The molecule has 0 amide bonds. The normalized spacial score (nSPS) is 4.62. The quantitative estimate of drug-likeness (QED) is 0.436. The van der Waals surface area contributed by atoms with Crippen LogP contribution in [0.25, 0.3) is 0 Å². The molecular weight excluding hydrogens is 140 g/mol. The van der Waals surface area contributed by atoms with Gasteiger partial charge in [0.15, 0.2) is 0 Å². The summed E-state index contributed by atoms with van der Waals surface area (Å²) in [5.74, 6) is -0.745. The van der Waals surface area contributed by atoms with Crippen molar-refractivity contribution in [2.75, 3.05) is 0 Å². The van der Waals surface area contributed by atoms with Crippen molar-refractivity contribution in [1.82, 2.24) is 0 Å². The van der Waals surface area contributed by atoms with Crippen LogP contribution in [0.4, 0.5) is 0 Å². The second-order valence-electron chi connectivity index (χ2n) is 0.747. The predicted molar refractivity (Wildman–Crippen MR) is 33.7 cm³/mol. The first-order valence-corrected chi connectivity index (χ1v) is 1.49. The molecule has 0 aromatic heterocycles. The molecule has 50 valence electrons. The Hall–Kier alpha value is 0.650. The van der Waals surface area contributed by atoms with Crippen molar-refractivity contribution < 1.29 is 20.9 Å². The predicted octanol–water partition coefficient (Wildman–Crippen LogP) is -2.08. The zero-order valence-corrected chi connectivity index (χ0v) is 4.06. The molecule has 0 atom stereocenters. The van der Waals surface area contributed by atoms with Crippen molar-refractivity contribution in [3.63, 3.8) is 0 Å². The fourth-order valence-corrected chi connectivity index (χ4v) is 0. The average Bonchev–Trinajstić information content (AvgIpc) is 1.38. The molecule has 0 aromatic carbocycles. The van der Waals surface area contributed by atoms with Gasteiger partial charge in [-0.1, -0.05) is 6.92 Å². The van der Waals surface area contributed by atoms with Gasteiger partial charge < -0.3 is 16.1 Å². The molecule has 0 saturated carbocycles. The Labute approximate surface area is 77.5 Å². The first kappa shape index (κ1) is 23.4. The molecule has 0 spiro atoms. The van der Waals surface area contributed by atoms with Crippen molar-refractivity contribution in [3.05, 3.63) is 0 Å². The zero-order chi connectivity index (χ0) is 4.28. The summed E-state index contributed by atoms with van der Waals surface area (Å²) >= 11 is 0. The van der Waals surface area contributed by atoms with E-state index in [1.807, 2.05) is 0 Å². The van der Waals surface area contributed by atoms with E-state index in [9.17, 15) is 4.79 Å². The summed E-state index contributed by atoms with van der Waals surface area (Å²) < 4.78 is 0. The van der Waals surface area contributed by atoms with Crippen molar-refractivity contribution in [2.24, 2.45) is 0 Å². The maximum atomic E-state index is 9.37. The van der Waals surface area contributed by atoms with Gasteiger partial charge in [-0.15, -0.1) is 0 Å². The molecule has 0 aliphatic rings. The monoisotopic (exact) mass is 152 g/mol. The van der Waals surface area contributed by atoms with Crippen LogP contribution in [0.1, 0.15) is 13.3 Å². The number of rotatable bonds is 1. The van der Waals surface area contributed by atoms with Gasteiger partial charge in [-0.2, -0.15) is 0 Å². The van der Waals surface area contributed by atoms with Crippen LogP contribution >= 0.6 is 0 Å². The van der Waals surface area contributed by atoms with E-state index in [1.54, 1.807) is 6.92 Å². The van der Waals surface area contributed by atoms with Crippen molar-refractivity contribution >= 4 is 43.7 Å². The van der Waals surface area contributed by atoms with Crippen LogP contribution in [0.5, 0.6) is 0 Å². The van der Waals surface area contributed by atoms with Gasteiger partial charge in [0.05, 0.1) is 0 Å². The maximum absolute atomic E-state index is 9.37. The molecule has 4 nitrogen and oxygen atoms in total. The Balaban J connectivity index is -0.0000000267. The third-order valence-electron chi connectivity index (χ3n) is 0.302. The van der Waals surface area contributed by atoms with Crippen molar-refractivity contribution in [3.8, 4) is 0 Å². The van der Waals surface area contributed by atoms with Crippen LogP contribution in [0.2, 0.25) is 0 Å². The minimum atomic E-state index is -0.745. The van der Waals surface area contributed by atoms with Gasteiger partial charge in [-0.25, -0.2) is 0 Å². The Morgan fingerprint density at radius 1 is 1.50 bits per heavy atom. The molecule has 0 heterocycles. The number of carboxylic acids is 1. The third-order valence-corrected chi connectivity index (χ3v) is 0.302. The van der Waals surface area contributed by atoms with Crippen LogP contribution in [-0.2, 0) is 4.79 Å². The first-order chi connectivity index (χ1) is 2.27. The summed E-state index contributed by atoms with van der Waals surface area (Å²) in [5, 5.41) is 7.72. The summed E-state index contributed by atoms with van der Waals surface area (Å²) in [6.07, 6.45) is 0.222. The molecule has 0 bridgehead atoms. The number of carbonyl (C=O) groups is 1. The standard InChI is InChI=1S/C3H6O2.Ca.2H2O.2H/c1-2-3(4)5;;;;;/h2H2,1H3,(H,4,5);;2*1H2;;. The molecule has 0 aliphatic carbocycles. The molecule has 0 rings (SSSR count). The van der Waals surface area contributed by atoms with E-state index in [1.165, 1.54) is 0 Å². The number of aliphatic carboxylic acids is 1. The van der Waals surface area contributed by atoms with Crippen molar-refractivity contribution in [2.45, 2.75) is 13.3 Å². The van der Waals surface area contributed by atoms with Crippen molar-refractivity contribution in [1.29, 1.82) is 0 Å². The van der Waals surface area contributed by atoms with Gasteiger partial charge >= 0.3 is 43.7 Å². The zero-order valence-electron chi connectivity index (χ0n) is 4.06. The van der Waals surface area contributed by atoms with E-state index in [0.717, 1.165) is 0 Å². The van der Waals surface area contributed by atoms with E-state index in [4.69, 9.17) is 5.11 Å². The Morgan fingerprint density at radius 2 is 1.62 bits per heavy atom. The topological polar surface area (TPSA) is 100 Å².